The van der Waals surface area contributed by atoms with Crippen molar-refractivity contribution in [2.75, 3.05) is 52.1 Å². The Morgan fingerprint density at radius 3 is 2.14 bits per heavy atom. The number of ether oxygens (including phenoxy) is 3. The zero-order valence-electron chi connectivity index (χ0n) is 30.9. The highest BCUT2D eigenvalue weighted by Crippen LogP contribution is 2.28. The lowest BCUT2D eigenvalue weighted by molar-refractivity contribution is -0.138. The molecule has 0 bridgehead atoms. The number of likely N-dealkylation sites (tertiary alicyclic amines) is 1. The Morgan fingerprint density at radius 2 is 1.55 bits per heavy atom. The predicted octanol–water partition coefficient (Wildman–Crippen LogP) is 5.64. The number of nitrogens with zero attached hydrogens (tertiary/aromatic N) is 2. The summed E-state index contributed by atoms with van der Waals surface area (Å²) in [5.41, 5.74) is 4.27. The van der Waals surface area contributed by atoms with Gasteiger partial charge in [-0.2, -0.15) is 0 Å². The van der Waals surface area contributed by atoms with Gasteiger partial charge in [-0.15, -0.1) is 22.9 Å². The number of halogens is 1. The van der Waals surface area contributed by atoms with Crippen LogP contribution in [0.15, 0.2) is 29.8 Å². The molecule has 3 amide bonds. The van der Waals surface area contributed by atoms with E-state index in [1.165, 1.54) is 0 Å². The normalized spacial score (nSPS) is 17.1. The number of amides is 3. The Kier molecular flexibility index (Phi) is 19.6. The van der Waals surface area contributed by atoms with E-state index in [2.05, 4.69) is 15.6 Å². The van der Waals surface area contributed by atoms with Crippen molar-refractivity contribution >= 4 is 40.7 Å². The van der Waals surface area contributed by atoms with Crippen molar-refractivity contribution in [2.24, 2.45) is 5.41 Å². The second kappa shape index (κ2) is 23.3. The first kappa shape index (κ1) is 43.0. The van der Waals surface area contributed by atoms with E-state index >= 15 is 0 Å². The van der Waals surface area contributed by atoms with Gasteiger partial charge in [0.15, 0.2) is 0 Å². The number of hydrogen-bond donors (Lipinski definition) is 3. The predicted molar refractivity (Wildman–Crippen MR) is 202 cm³/mol. The molecule has 286 valence electrons. The third kappa shape index (κ3) is 16.0. The number of alkyl halides is 1. The van der Waals surface area contributed by atoms with Crippen LogP contribution in [0, 0.1) is 12.3 Å². The number of carbonyl (C=O) groups excluding carboxylic acids is 3. The number of hydrogen-bond acceptors (Lipinski definition) is 10. The van der Waals surface area contributed by atoms with E-state index in [0.29, 0.717) is 52.5 Å². The van der Waals surface area contributed by atoms with Gasteiger partial charge in [-0.05, 0) is 55.6 Å². The fraction of sp³-hybridized carbons (Fsp3) is 0.684. The monoisotopic (exact) mass is 750 g/mol. The summed E-state index contributed by atoms with van der Waals surface area (Å²) in [5.74, 6) is -0.535. The first-order valence-electron chi connectivity index (χ1n) is 18.3. The molecule has 3 atom stereocenters. The summed E-state index contributed by atoms with van der Waals surface area (Å²) in [5, 5.41) is 15.8. The molecule has 1 aromatic heterocycles. The van der Waals surface area contributed by atoms with Gasteiger partial charge >= 0.3 is 0 Å². The van der Waals surface area contributed by atoms with Crippen molar-refractivity contribution in [3.05, 3.63) is 41.0 Å². The van der Waals surface area contributed by atoms with Crippen LogP contribution in [0.1, 0.15) is 89.8 Å². The van der Waals surface area contributed by atoms with Gasteiger partial charge in [0.25, 0.3) is 0 Å². The van der Waals surface area contributed by atoms with Crippen LogP contribution >= 0.6 is 22.9 Å². The fourth-order valence-corrected chi connectivity index (χ4v) is 6.95. The largest absolute Gasteiger partial charge is 0.392 e. The molecule has 0 saturated carbocycles. The lowest BCUT2D eigenvalue weighted by Crippen LogP contribution is -2.56. The molecule has 11 nitrogen and oxygen atoms in total. The van der Waals surface area contributed by atoms with Gasteiger partial charge in [0.05, 0.1) is 54.7 Å². The maximum Gasteiger partial charge on any atom is 0.249 e. The molecule has 51 heavy (non-hydrogen) atoms. The number of aromatic nitrogens is 1. The third-order valence-corrected chi connectivity index (χ3v) is 10.1. The van der Waals surface area contributed by atoms with E-state index in [4.69, 9.17) is 25.8 Å². The van der Waals surface area contributed by atoms with Gasteiger partial charge < -0.3 is 24.6 Å². The summed E-state index contributed by atoms with van der Waals surface area (Å²) in [7, 11) is 0. The average molecular weight is 751 g/mol. The molecule has 3 N–H and O–H groups in total. The Morgan fingerprint density at radius 1 is 0.941 bits per heavy atom. The van der Waals surface area contributed by atoms with E-state index in [0.717, 1.165) is 72.7 Å². The number of aryl methyl sites for hydroxylation is 1. The standard InChI is InChI=1S/C38H59ClN4O7S/c1-28-34(51-27-40-28)30-15-13-29(14-16-30)25-43-26-31(44)24-32(43)36(46)42-37(47)35(38(2,3)4)41-33(45)12-8-7-11-19-49-21-23-50-22-20-48-18-10-6-5-9-17-39/h13-16,27,31-32,35,44H,5-12,17-26H2,1-4H3,(H,41,45)(H,42,46,47)/t31-,32+,35-/m1/s1. The molecule has 0 aliphatic carbocycles. The highest BCUT2D eigenvalue weighted by molar-refractivity contribution is 7.13. The molecule has 0 spiro atoms. The van der Waals surface area contributed by atoms with Gasteiger partial charge in [0.1, 0.15) is 6.04 Å². The van der Waals surface area contributed by atoms with E-state index in [9.17, 15) is 19.5 Å². The SMILES string of the molecule is Cc1ncsc1-c1ccc(CN2C[C@H](O)C[C@H]2C(=O)NC(=O)[C@@H](NC(=O)CCCCCOCCOCCOCCCCCCCl)C(C)(C)C)cc1. The average Bonchev–Trinajstić information content (AvgIpc) is 3.69. The molecule has 1 aliphatic heterocycles. The Hall–Kier alpha value is -2.45. The summed E-state index contributed by atoms with van der Waals surface area (Å²) < 4.78 is 16.7. The van der Waals surface area contributed by atoms with Crippen LogP contribution in [-0.4, -0.2) is 103 Å². The molecule has 2 aromatic rings. The third-order valence-electron chi connectivity index (χ3n) is 8.82. The highest BCUT2D eigenvalue weighted by atomic mass is 35.5. The van der Waals surface area contributed by atoms with Gasteiger partial charge in [-0.25, -0.2) is 4.98 Å². The van der Waals surface area contributed by atoms with Crippen LogP contribution in [0.3, 0.4) is 0 Å². The number of thiazole rings is 1. The first-order valence-corrected chi connectivity index (χ1v) is 19.8. The molecule has 1 fully saturated rings. The van der Waals surface area contributed by atoms with E-state index < -0.39 is 35.4 Å². The zero-order chi connectivity index (χ0) is 37.1. The number of rotatable bonds is 24. The maximum absolute atomic E-state index is 13.4. The van der Waals surface area contributed by atoms with Gasteiger partial charge in [0.2, 0.25) is 17.7 Å². The molecular formula is C38H59ClN4O7S. The van der Waals surface area contributed by atoms with Crippen molar-refractivity contribution in [2.45, 2.75) is 110 Å². The van der Waals surface area contributed by atoms with Crippen molar-refractivity contribution in [3.63, 3.8) is 0 Å². The van der Waals surface area contributed by atoms with Crippen LogP contribution in [0.2, 0.25) is 0 Å². The number of β-amino-alcohol motifs (C(OH)–C–C–N with tert-alkyl or cyclic N) is 1. The molecule has 2 heterocycles. The number of benzene rings is 1. The van der Waals surface area contributed by atoms with Crippen molar-refractivity contribution in [1.82, 2.24) is 20.5 Å². The molecular weight excluding hydrogens is 692 g/mol. The second-order valence-corrected chi connectivity index (χ2v) is 15.5. The number of imide groups is 1. The Labute approximate surface area is 313 Å². The minimum Gasteiger partial charge on any atom is -0.392 e. The lowest BCUT2D eigenvalue weighted by atomic mass is 9.86. The molecule has 0 radical (unpaired) electrons. The number of aliphatic hydroxyl groups excluding tert-OH is 1. The Bertz CT molecular complexity index is 1320. The van der Waals surface area contributed by atoms with Crippen molar-refractivity contribution < 1.29 is 33.7 Å². The van der Waals surface area contributed by atoms with E-state index in [1.807, 2.05) is 62.4 Å². The maximum atomic E-state index is 13.4. The molecule has 0 unspecified atom stereocenters. The number of nitrogens with one attached hydrogen (secondary N) is 2. The molecule has 1 saturated heterocycles. The van der Waals surface area contributed by atoms with Crippen LogP contribution < -0.4 is 10.6 Å². The van der Waals surface area contributed by atoms with Crippen molar-refractivity contribution in [3.8, 4) is 10.4 Å². The van der Waals surface area contributed by atoms with Crippen LogP contribution in [-0.2, 0) is 35.1 Å². The minimum atomic E-state index is -0.897. The molecule has 1 aromatic carbocycles. The van der Waals surface area contributed by atoms with Crippen LogP contribution in [0.25, 0.3) is 10.4 Å². The minimum absolute atomic E-state index is 0.228. The topological polar surface area (TPSA) is 139 Å². The quantitative estimate of drug-likeness (QED) is 0.0920. The summed E-state index contributed by atoms with van der Waals surface area (Å²) in [6.45, 7) is 11.8. The lowest BCUT2D eigenvalue weighted by Gasteiger charge is -2.31. The smallest absolute Gasteiger partial charge is 0.249 e. The first-order chi connectivity index (χ1) is 24.5. The zero-order valence-corrected chi connectivity index (χ0v) is 32.5. The number of aliphatic hydroxyl groups is 1. The molecule has 1 aliphatic rings. The highest BCUT2D eigenvalue weighted by Gasteiger charge is 2.39. The van der Waals surface area contributed by atoms with E-state index in [1.54, 1.807) is 11.3 Å². The summed E-state index contributed by atoms with van der Waals surface area (Å²) in [4.78, 5) is 46.9. The van der Waals surface area contributed by atoms with E-state index in [-0.39, 0.29) is 18.7 Å². The summed E-state index contributed by atoms with van der Waals surface area (Å²) in [6.07, 6.45) is 6.51. The summed E-state index contributed by atoms with van der Waals surface area (Å²) >= 11 is 7.27. The van der Waals surface area contributed by atoms with Gasteiger partial charge in [0, 0.05) is 38.6 Å². The van der Waals surface area contributed by atoms with Crippen LogP contribution in [0.4, 0.5) is 0 Å². The van der Waals surface area contributed by atoms with Crippen molar-refractivity contribution in [1.29, 1.82) is 0 Å². The molecule has 13 heteroatoms. The Balaban J connectivity index is 1.32. The number of carbonyl (C=O) groups is 3. The van der Waals surface area contributed by atoms with Gasteiger partial charge in [-0.1, -0.05) is 64.3 Å². The van der Waals surface area contributed by atoms with Crippen LogP contribution in [0.5, 0.6) is 0 Å². The fourth-order valence-electron chi connectivity index (χ4n) is 5.95. The molecule has 3 rings (SSSR count). The van der Waals surface area contributed by atoms with Gasteiger partial charge in [-0.3, -0.25) is 24.6 Å². The number of unbranched alkanes of at least 4 members (excludes halogenated alkanes) is 5. The second-order valence-electron chi connectivity index (χ2n) is 14.3. The summed E-state index contributed by atoms with van der Waals surface area (Å²) in [6, 6.07) is 6.54.